The van der Waals surface area contributed by atoms with Gasteiger partial charge in [0.1, 0.15) is 13.2 Å². The molecule has 0 aromatic heterocycles. The summed E-state index contributed by atoms with van der Waals surface area (Å²) in [6.07, 6.45) is 88.1. The highest BCUT2D eigenvalue weighted by molar-refractivity contribution is 5.71. The Balaban J connectivity index is 4.30. The summed E-state index contributed by atoms with van der Waals surface area (Å²) in [6, 6.07) is 0. The van der Waals surface area contributed by atoms with E-state index in [-0.39, 0.29) is 31.1 Å². The molecule has 0 saturated carbocycles. The van der Waals surface area contributed by atoms with Crippen molar-refractivity contribution in [3.63, 3.8) is 0 Å². The molecule has 0 aliphatic rings. The van der Waals surface area contributed by atoms with E-state index in [1.54, 1.807) is 0 Å². The van der Waals surface area contributed by atoms with Gasteiger partial charge in [-0.1, -0.05) is 326 Å². The number of carbonyl (C=O) groups is 3. The van der Waals surface area contributed by atoms with Gasteiger partial charge in [0.15, 0.2) is 6.10 Å². The Morgan fingerprint density at radius 2 is 0.450 bits per heavy atom. The third-order valence-corrected chi connectivity index (χ3v) is 15.7. The van der Waals surface area contributed by atoms with Gasteiger partial charge in [-0.3, -0.25) is 14.4 Å². The molecule has 0 aromatic rings. The van der Waals surface area contributed by atoms with Crippen molar-refractivity contribution in [2.75, 3.05) is 13.2 Å². The minimum Gasteiger partial charge on any atom is -0.462 e. The molecule has 0 N–H and O–H groups in total. The number of ether oxygens (including phenoxy) is 3. The number of esters is 3. The van der Waals surface area contributed by atoms with E-state index in [9.17, 15) is 14.4 Å². The second-order valence-corrected chi connectivity index (χ2v) is 23.8. The van der Waals surface area contributed by atoms with Crippen LogP contribution in [0.2, 0.25) is 0 Å². The lowest BCUT2D eigenvalue weighted by Crippen LogP contribution is -2.30. The maximum absolute atomic E-state index is 12.9. The molecule has 0 aromatic carbocycles. The molecule has 0 spiro atoms. The van der Waals surface area contributed by atoms with Crippen LogP contribution in [0.15, 0.2) is 60.8 Å². The first kappa shape index (κ1) is 77.1. The molecule has 0 aliphatic carbocycles. The topological polar surface area (TPSA) is 78.9 Å². The molecule has 466 valence electrons. The van der Waals surface area contributed by atoms with Crippen LogP contribution in [-0.4, -0.2) is 37.2 Å². The van der Waals surface area contributed by atoms with Gasteiger partial charge in [0.2, 0.25) is 0 Å². The van der Waals surface area contributed by atoms with Gasteiger partial charge in [-0.15, -0.1) is 0 Å². The molecule has 80 heavy (non-hydrogen) atoms. The van der Waals surface area contributed by atoms with E-state index in [1.807, 2.05) is 0 Å². The molecule has 0 rings (SSSR count). The lowest BCUT2D eigenvalue weighted by atomic mass is 10.0. The SMILES string of the molecule is CCCCCC/C=C\C/C=C\CCCCCCCCCC(=O)OC(COC(=O)CCCCCCCCCCCCCC/C=C\C/C=C\C/C=C\CCCCCCC)COC(=O)CCCCCCCCCCCCCCCCCCC. The summed E-state index contributed by atoms with van der Waals surface area (Å²) in [5.41, 5.74) is 0. The summed E-state index contributed by atoms with van der Waals surface area (Å²) in [4.78, 5) is 38.5. The van der Waals surface area contributed by atoms with Crippen LogP contribution in [0.5, 0.6) is 0 Å². The average molecular weight is 1120 g/mol. The first-order chi connectivity index (χ1) is 39.5. The van der Waals surface area contributed by atoms with E-state index < -0.39 is 6.10 Å². The summed E-state index contributed by atoms with van der Waals surface area (Å²) in [5, 5.41) is 0. The van der Waals surface area contributed by atoms with E-state index in [0.29, 0.717) is 19.3 Å². The smallest absolute Gasteiger partial charge is 0.306 e. The summed E-state index contributed by atoms with van der Waals surface area (Å²) in [7, 11) is 0. The van der Waals surface area contributed by atoms with Gasteiger partial charge in [0, 0.05) is 19.3 Å². The maximum atomic E-state index is 12.9. The predicted molar refractivity (Wildman–Crippen MR) is 348 cm³/mol. The molecule has 0 saturated heterocycles. The van der Waals surface area contributed by atoms with Crippen molar-refractivity contribution in [1.82, 2.24) is 0 Å². The van der Waals surface area contributed by atoms with Gasteiger partial charge in [-0.05, 0) is 89.9 Å². The van der Waals surface area contributed by atoms with Crippen molar-refractivity contribution in [3.8, 4) is 0 Å². The van der Waals surface area contributed by atoms with Gasteiger partial charge < -0.3 is 14.2 Å². The van der Waals surface area contributed by atoms with Gasteiger partial charge in [0.05, 0.1) is 0 Å². The predicted octanol–water partition coefficient (Wildman–Crippen LogP) is 24.3. The molecule has 0 aliphatic heterocycles. The Kier molecular flexibility index (Phi) is 66.1. The van der Waals surface area contributed by atoms with E-state index in [1.165, 1.54) is 250 Å². The van der Waals surface area contributed by atoms with Crippen LogP contribution < -0.4 is 0 Å². The molecular formula is C74H134O6. The standard InChI is InChI=1S/C74H134O6/c1-4-7-10-13-16-19-22-25-28-31-33-34-35-36-37-38-39-40-41-44-46-49-52-55-58-61-64-67-73(76)79-70-71(69-78-72(75)66-63-60-57-54-51-48-45-42-30-27-24-21-18-15-12-9-6-3)80-74(77)68-65-62-59-56-53-50-47-43-32-29-26-23-20-17-14-11-8-5-2/h20,22-23,25,29,31-33,35-36,71H,4-19,21,24,26-28,30,34,37-70H2,1-3H3/b23-20-,25-22-,32-29-,33-31-,36-35-. The number of hydrogen-bond donors (Lipinski definition) is 0. The van der Waals surface area contributed by atoms with Crippen molar-refractivity contribution in [2.45, 2.75) is 380 Å². The molecule has 6 nitrogen and oxygen atoms in total. The maximum Gasteiger partial charge on any atom is 0.306 e. The quantitative estimate of drug-likeness (QED) is 0.0261. The number of rotatable bonds is 65. The zero-order valence-electron chi connectivity index (χ0n) is 53.6. The molecule has 1 unspecified atom stereocenters. The largest absolute Gasteiger partial charge is 0.462 e. The number of carbonyl (C=O) groups excluding carboxylic acids is 3. The Morgan fingerprint density at radius 3 is 0.713 bits per heavy atom. The number of hydrogen-bond acceptors (Lipinski definition) is 6. The summed E-state index contributed by atoms with van der Waals surface area (Å²) in [5.74, 6) is -0.859. The van der Waals surface area contributed by atoms with Crippen molar-refractivity contribution < 1.29 is 28.6 Å². The third kappa shape index (κ3) is 65.9. The monoisotopic (exact) mass is 1120 g/mol. The lowest BCUT2D eigenvalue weighted by molar-refractivity contribution is -0.167. The molecule has 0 radical (unpaired) electrons. The second kappa shape index (κ2) is 68.6. The fraction of sp³-hybridized carbons (Fsp3) is 0.824. The minimum atomic E-state index is -0.779. The van der Waals surface area contributed by atoms with Gasteiger partial charge in [0.25, 0.3) is 0 Å². The zero-order chi connectivity index (χ0) is 57.8. The molecule has 1 atom stereocenters. The first-order valence-electron chi connectivity index (χ1n) is 35.3. The zero-order valence-corrected chi connectivity index (χ0v) is 53.6. The van der Waals surface area contributed by atoms with Crippen LogP contribution in [0.4, 0.5) is 0 Å². The molecule has 0 heterocycles. The van der Waals surface area contributed by atoms with Crippen molar-refractivity contribution in [1.29, 1.82) is 0 Å². The van der Waals surface area contributed by atoms with E-state index in [2.05, 4.69) is 81.5 Å². The normalized spacial score (nSPS) is 12.4. The van der Waals surface area contributed by atoms with Gasteiger partial charge >= 0.3 is 17.9 Å². The highest BCUT2D eigenvalue weighted by Crippen LogP contribution is 2.18. The van der Waals surface area contributed by atoms with Crippen LogP contribution >= 0.6 is 0 Å². The average Bonchev–Trinajstić information content (AvgIpc) is 3.46. The highest BCUT2D eigenvalue weighted by atomic mass is 16.6. The van der Waals surface area contributed by atoms with Crippen LogP contribution in [0, 0.1) is 0 Å². The summed E-state index contributed by atoms with van der Waals surface area (Å²) < 4.78 is 17.0. The van der Waals surface area contributed by atoms with Crippen LogP contribution in [0.1, 0.15) is 374 Å². The Bertz CT molecular complexity index is 1430. The van der Waals surface area contributed by atoms with E-state index in [4.69, 9.17) is 14.2 Å². The summed E-state index contributed by atoms with van der Waals surface area (Å²) >= 11 is 0. The molecule has 0 fully saturated rings. The minimum absolute atomic E-state index is 0.0737. The van der Waals surface area contributed by atoms with Crippen molar-refractivity contribution in [2.24, 2.45) is 0 Å². The Labute approximate surface area is 498 Å². The Morgan fingerprint density at radius 1 is 0.250 bits per heavy atom. The van der Waals surface area contributed by atoms with Crippen molar-refractivity contribution in [3.05, 3.63) is 60.8 Å². The third-order valence-electron chi connectivity index (χ3n) is 15.7. The van der Waals surface area contributed by atoms with Gasteiger partial charge in [-0.25, -0.2) is 0 Å². The second-order valence-electron chi connectivity index (χ2n) is 23.8. The molecule has 0 bridgehead atoms. The van der Waals surface area contributed by atoms with Crippen LogP contribution in [0.3, 0.4) is 0 Å². The summed E-state index contributed by atoms with van der Waals surface area (Å²) in [6.45, 7) is 6.67. The number of allylic oxidation sites excluding steroid dienone is 10. The van der Waals surface area contributed by atoms with Crippen LogP contribution in [0.25, 0.3) is 0 Å². The van der Waals surface area contributed by atoms with Gasteiger partial charge in [-0.2, -0.15) is 0 Å². The fourth-order valence-corrected chi connectivity index (χ4v) is 10.4. The molecular weight excluding hydrogens is 985 g/mol. The first-order valence-corrected chi connectivity index (χ1v) is 35.3. The molecule has 0 amide bonds. The lowest BCUT2D eigenvalue weighted by Gasteiger charge is -2.18. The van der Waals surface area contributed by atoms with Crippen LogP contribution in [-0.2, 0) is 28.6 Å². The van der Waals surface area contributed by atoms with Crippen molar-refractivity contribution >= 4 is 17.9 Å². The van der Waals surface area contributed by atoms with E-state index >= 15 is 0 Å². The fourth-order valence-electron chi connectivity index (χ4n) is 10.4. The molecule has 6 heteroatoms. The highest BCUT2D eigenvalue weighted by Gasteiger charge is 2.19. The van der Waals surface area contributed by atoms with E-state index in [0.717, 1.165) is 83.5 Å². The Hall–Kier alpha value is -2.89. The number of unbranched alkanes of at least 4 members (excludes halogenated alkanes) is 44.